The first-order valence-electron chi connectivity index (χ1n) is 9.98. The van der Waals surface area contributed by atoms with Crippen molar-refractivity contribution in [3.05, 3.63) is 59.1 Å². The van der Waals surface area contributed by atoms with Crippen molar-refractivity contribution in [3.8, 4) is 0 Å². The lowest BCUT2D eigenvalue weighted by molar-refractivity contribution is -0.124. The number of amides is 1. The van der Waals surface area contributed by atoms with Gasteiger partial charge >= 0.3 is 0 Å². The van der Waals surface area contributed by atoms with Crippen LogP contribution >= 0.6 is 47.3 Å². The van der Waals surface area contributed by atoms with E-state index in [1.165, 1.54) is 4.90 Å². The Morgan fingerprint density at radius 1 is 1.23 bits per heavy atom. The minimum absolute atomic E-state index is 0. The van der Waals surface area contributed by atoms with Crippen molar-refractivity contribution in [2.45, 2.75) is 30.4 Å². The maximum absolute atomic E-state index is 12.2. The van der Waals surface area contributed by atoms with Crippen molar-refractivity contribution in [1.82, 2.24) is 10.6 Å². The fraction of sp³-hybridized carbons (Fsp3) is 0.364. The SMILES string of the molecule is CN=C(NCCSc1ccc(Cl)cc1)NCc1cccc(NC(=O)C2CCCO2)c1.I. The van der Waals surface area contributed by atoms with Gasteiger partial charge in [0.25, 0.3) is 5.91 Å². The monoisotopic (exact) mass is 574 g/mol. The van der Waals surface area contributed by atoms with Gasteiger partial charge in [0.2, 0.25) is 0 Å². The number of carbonyl (C=O) groups is 1. The predicted octanol–water partition coefficient (Wildman–Crippen LogP) is 4.53. The van der Waals surface area contributed by atoms with E-state index in [0.717, 1.165) is 47.4 Å². The van der Waals surface area contributed by atoms with Crippen LogP contribution in [-0.4, -0.2) is 43.9 Å². The summed E-state index contributed by atoms with van der Waals surface area (Å²) in [5.74, 6) is 1.57. The van der Waals surface area contributed by atoms with Crippen molar-refractivity contribution < 1.29 is 9.53 Å². The highest BCUT2D eigenvalue weighted by Crippen LogP contribution is 2.19. The fourth-order valence-electron chi connectivity index (χ4n) is 3.04. The van der Waals surface area contributed by atoms with Gasteiger partial charge < -0.3 is 20.7 Å². The first-order valence-corrected chi connectivity index (χ1v) is 11.3. The first-order chi connectivity index (χ1) is 14.6. The second-order valence-corrected chi connectivity index (χ2v) is 8.45. The number of hydrogen-bond donors (Lipinski definition) is 3. The number of anilines is 1. The molecule has 0 bridgehead atoms. The van der Waals surface area contributed by atoms with Crippen LogP contribution in [0.1, 0.15) is 18.4 Å². The van der Waals surface area contributed by atoms with E-state index in [9.17, 15) is 4.79 Å². The second-order valence-electron chi connectivity index (χ2n) is 6.85. The van der Waals surface area contributed by atoms with E-state index in [2.05, 4.69) is 20.9 Å². The molecule has 2 aromatic rings. The molecule has 0 saturated carbocycles. The predicted molar refractivity (Wildman–Crippen MR) is 140 cm³/mol. The molecule has 0 spiro atoms. The van der Waals surface area contributed by atoms with Crippen LogP contribution in [-0.2, 0) is 16.1 Å². The Kier molecular flexibility index (Phi) is 11.5. The summed E-state index contributed by atoms with van der Waals surface area (Å²) in [6.45, 7) is 2.05. The number of hydrogen-bond acceptors (Lipinski definition) is 4. The Hall–Kier alpha value is -1.49. The summed E-state index contributed by atoms with van der Waals surface area (Å²) in [6.07, 6.45) is 1.39. The van der Waals surface area contributed by atoms with E-state index < -0.39 is 0 Å². The van der Waals surface area contributed by atoms with Crippen molar-refractivity contribution in [3.63, 3.8) is 0 Å². The van der Waals surface area contributed by atoms with Gasteiger partial charge in [0, 0.05) is 48.1 Å². The molecule has 1 aliphatic rings. The number of thioether (sulfide) groups is 1. The van der Waals surface area contributed by atoms with E-state index in [0.29, 0.717) is 13.2 Å². The average Bonchev–Trinajstić information content (AvgIpc) is 3.30. The summed E-state index contributed by atoms with van der Waals surface area (Å²) < 4.78 is 5.43. The minimum atomic E-state index is -0.333. The van der Waals surface area contributed by atoms with Crippen molar-refractivity contribution in [2.75, 3.05) is 31.3 Å². The van der Waals surface area contributed by atoms with Crippen molar-refractivity contribution >= 4 is 64.9 Å². The molecule has 0 aliphatic carbocycles. The van der Waals surface area contributed by atoms with Gasteiger partial charge in [0.1, 0.15) is 6.10 Å². The Bertz CT molecular complexity index is 861. The number of rotatable bonds is 8. The molecule has 0 radical (unpaired) electrons. The van der Waals surface area contributed by atoms with Gasteiger partial charge in [-0.2, -0.15) is 0 Å². The largest absolute Gasteiger partial charge is 0.368 e. The molecule has 1 amide bonds. The molecule has 3 N–H and O–H groups in total. The Balaban J connectivity index is 0.00000341. The van der Waals surface area contributed by atoms with Crippen LogP contribution in [0.3, 0.4) is 0 Å². The van der Waals surface area contributed by atoms with Crippen LogP contribution in [0.5, 0.6) is 0 Å². The third kappa shape index (κ3) is 8.88. The van der Waals surface area contributed by atoms with Gasteiger partial charge in [-0.15, -0.1) is 35.7 Å². The van der Waals surface area contributed by atoms with E-state index in [1.807, 2.05) is 48.5 Å². The molecule has 1 fully saturated rings. The van der Waals surface area contributed by atoms with Crippen LogP contribution in [0.4, 0.5) is 5.69 Å². The molecule has 9 heteroatoms. The normalized spacial score (nSPS) is 15.8. The van der Waals surface area contributed by atoms with E-state index in [-0.39, 0.29) is 36.0 Å². The lowest BCUT2D eigenvalue weighted by Crippen LogP contribution is -2.37. The Labute approximate surface area is 210 Å². The van der Waals surface area contributed by atoms with Crippen LogP contribution < -0.4 is 16.0 Å². The molecule has 31 heavy (non-hydrogen) atoms. The second kappa shape index (κ2) is 13.8. The molecule has 2 aromatic carbocycles. The van der Waals surface area contributed by atoms with Gasteiger partial charge in [0.05, 0.1) is 0 Å². The van der Waals surface area contributed by atoms with Gasteiger partial charge in [-0.25, -0.2) is 0 Å². The highest BCUT2D eigenvalue weighted by atomic mass is 127. The zero-order chi connectivity index (χ0) is 21.2. The molecule has 6 nitrogen and oxygen atoms in total. The highest BCUT2D eigenvalue weighted by Gasteiger charge is 2.23. The van der Waals surface area contributed by atoms with E-state index in [1.54, 1.807) is 18.8 Å². The minimum Gasteiger partial charge on any atom is -0.368 e. The smallest absolute Gasteiger partial charge is 0.253 e. The van der Waals surface area contributed by atoms with Gasteiger partial charge in [-0.05, 0) is 54.8 Å². The summed E-state index contributed by atoms with van der Waals surface area (Å²) in [6, 6.07) is 15.6. The number of ether oxygens (including phenoxy) is 1. The first kappa shape index (κ1) is 25.8. The summed E-state index contributed by atoms with van der Waals surface area (Å²) in [4.78, 5) is 17.7. The van der Waals surface area contributed by atoms with Crippen molar-refractivity contribution in [1.29, 1.82) is 0 Å². The number of carbonyl (C=O) groups excluding carboxylic acids is 1. The van der Waals surface area contributed by atoms with Gasteiger partial charge in [0.15, 0.2) is 5.96 Å². The van der Waals surface area contributed by atoms with E-state index in [4.69, 9.17) is 16.3 Å². The Morgan fingerprint density at radius 3 is 2.74 bits per heavy atom. The zero-order valence-corrected chi connectivity index (χ0v) is 21.3. The molecule has 168 valence electrons. The van der Waals surface area contributed by atoms with Gasteiger partial charge in [-0.3, -0.25) is 9.79 Å². The van der Waals surface area contributed by atoms with Crippen LogP contribution in [0.15, 0.2) is 58.4 Å². The maximum Gasteiger partial charge on any atom is 0.253 e. The summed E-state index contributed by atoms with van der Waals surface area (Å²) in [7, 11) is 1.75. The molecular weight excluding hydrogens is 547 g/mol. The average molecular weight is 575 g/mol. The summed E-state index contributed by atoms with van der Waals surface area (Å²) in [5.41, 5.74) is 1.83. The molecule has 1 unspecified atom stereocenters. The molecule has 3 rings (SSSR count). The topological polar surface area (TPSA) is 74.8 Å². The van der Waals surface area contributed by atoms with Crippen LogP contribution in [0.2, 0.25) is 5.02 Å². The molecule has 1 heterocycles. The lowest BCUT2D eigenvalue weighted by Gasteiger charge is -2.14. The van der Waals surface area contributed by atoms with Gasteiger partial charge in [-0.1, -0.05) is 23.7 Å². The fourth-order valence-corrected chi connectivity index (χ4v) is 3.94. The van der Waals surface area contributed by atoms with Crippen LogP contribution in [0, 0.1) is 0 Å². The lowest BCUT2D eigenvalue weighted by atomic mass is 10.2. The molecule has 0 aromatic heterocycles. The number of guanidine groups is 1. The standard InChI is InChI=1S/C22H27ClN4O2S.HI/c1-24-22(25-11-13-30-19-9-7-17(23)8-10-19)26-15-16-4-2-5-18(14-16)27-21(28)20-6-3-12-29-20;/h2,4-5,7-10,14,20H,3,6,11-13,15H2,1H3,(H,27,28)(H2,24,25,26);1H. The molecule has 1 atom stereocenters. The Morgan fingerprint density at radius 2 is 2.03 bits per heavy atom. The molecule has 1 saturated heterocycles. The van der Waals surface area contributed by atoms with Crippen LogP contribution in [0.25, 0.3) is 0 Å². The molecule has 1 aliphatic heterocycles. The quantitative estimate of drug-likeness (QED) is 0.142. The number of benzene rings is 2. The third-order valence-corrected chi connectivity index (χ3v) is 5.84. The zero-order valence-electron chi connectivity index (χ0n) is 17.4. The number of nitrogens with zero attached hydrogens (tertiary/aromatic N) is 1. The summed E-state index contributed by atoms with van der Waals surface area (Å²) in [5, 5.41) is 10.3. The van der Waals surface area contributed by atoms with E-state index >= 15 is 0 Å². The third-order valence-electron chi connectivity index (χ3n) is 4.58. The summed E-state index contributed by atoms with van der Waals surface area (Å²) >= 11 is 7.67. The molecular formula is C22H28ClIN4O2S. The number of aliphatic imine (C=N–C) groups is 1. The maximum atomic E-state index is 12.2. The van der Waals surface area contributed by atoms with Crippen molar-refractivity contribution in [2.24, 2.45) is 4.99 Å². The number of nitrogens with one attached hydrogen (secondary N) is 3. The number of halogens is 2. The highest BCUT2D eigenvalue weighted by molar-refractivity contribution is 14.0.